The van der Waals surface area contributed by atoms with Gasteiger partial charge in [0.05, 0.1) is 6.61 Å². The fourth-order valence-electron chi connectivity index (χ4n) is 1.11. The van der Waals surface area contributed by atoms with E-state index in [-0.39, 0.29) is 12.4 Å². The van der Waals surface area contributed by atoms with Gasteiger partial charge in [-0.05, 0) is 25.6 Å². The van der Waals surface area contributed by atoms with Crippen LogP contribution < -0.4 is 4.74 Å². The highest BCUT2D eigenvalue weighted by atomic mass is 16.6. The lowest BCUT2D eigenvalue weighted by molar-refractivity contribution is -0.142. The van der Waals surface area contributed by atoms with Crippen LogP contribution in [-0.2, 0) is 14.3 Å². The molecule has 0 aromatic heterocycles. The van der Waals surface area contributed by atoms with Crippen molar-refractivity contribution in [2.24, 2.45) is 0 Å². The lowest BCUT2D eigenvalue weighted by atomic mass is 10.3. The number of carbonyl (C=O) groups is 1. The van der Waals surface area contributed by atoms with Crippen LogP contribution >= 0.6 is 0 Å². The van der Waals surface area contributed by atoms with Gasteiger partial charge in [-0.2, -0.15) is 0 Å². The van der Waals surface area contributed by atoms with Crippen molar-refractivity contribution in [3.8, 4) is 5.75 Å². The summed E-state index contributed by atoms with van der Waals surface area (Å²) in [6, 6.07) is 9.37. The summed E-state index contributed by atoms with van der Waals surface area (Å²) in [7, 11) is 0. The number of esters is 1. The molecule has 0 aliphatic rings. The molecule has 0 aliphatic carbocycles. The maximum absolute atomic E-state index is 11.1. The zero-order valence-corrected chi connectivity index (χ0v) is 9.85. The van der Waals surface area contributed by atoms with Crippen molar-refractivity contribution in [3.63, 3.8) is 0 Å². The van der Waals surface area contributed by atoms with E-state index in [2.05, 4.69) is 6.58 Å². The third-order valence-electron chi connectivity index (χ3n) is 1.87. The fraction of sp³-hybridized carbons (Fsp3) is 0.308. The van der Waals surface area contributed by atoms with E-state index < -0.39 is 5.97 Å². The molecule has 17 heavy (non-hydrogen) atoms. The monoisotopic (exact) mass is 236 g/mol. The first-order valence-electron chi connectivity index (χ1n) is 5.40. The number of para-hydroxylation sites is 1. The summed E-state index contributed by atoms with van der Waals surface area (Å²) in [6.07, 6.45) is 0. The summed E-state index contributed by atoms with van der Waals surface area (Å²) < 4.78 is 15.2. The molecule has 92 valence electrons. The van der Waals surface area contributed by atoms with E-state index in [1.165, 1.54) is 0 Å². The van der Waals surface area contributed by atoms with E-state index in [0.717, 1.165) is 5.75 Å². The van der Waals surface area contributed by atoms with Crippen LogP contribution in [-0.4, -0.2) is 25.8 Å². The van der Waals surface area contributed by atoms with Gasteiger partial charge in [-0.15, -0.1) is 0 Å². The van der Waals surface area contributed by atoms with Gasteiger partial charge in [0.1, 0.15) is 19.0 Å². The Morgan fingerprint density at radius 3 is 2.53 bits per heavy atom. The SMILES string of the molecule is C=C(OCCOc1ccccc1)C(=O)OCC. The molecule has 0 N–H and O–H groups in total. The standard InChI is InChI=1S/C13H16O4/c1-3-15-13(14)11(2)16-9-10-17-12-7-5-4-6-8-12/h4-8H,2-3,9-10H2,1H3. The number of rotatable bonds is 7. The first-order valence-corrected chi connectivity index (χ1v) is 5.40. The molecule has 1 aromatic rings. The van der Waals surface area contributed by atoms with Gasteiger partial charge in [0.25, 0.3) is 0 Å². The van der Waals surface area contributed by atoms with Crippen molar-refractivity contribution >= 4 is 5.97 Å². The highest BCUT2D eigenvalue weighted by Crippen LogP contribution is 2.08. The van der Waals surface area contributed by atoms with Crippen molar-refractivity contribution in [1.29, 1.82) is 0 Å². The molecule has 0 saturated heterocycles. The molecule has 0 fully saturated rings. The Morgan fingerprint density at radius 2 is 1.88 bits per heavy atom. The van der Waals surface area contributed by atoms with Crippen LogP contribution in [0.25, 0.3) is 0 Å². The van der Waals surface area contributed by atoms with Crippen molar-refractivity contribution < 1.29 is 19.0 Å². The number of benzene rings is 1. The molecule has 0 saturated carbocycles. The Morgan fingerprint density at radius 1 is 1.18 bits per heavy atom. The number of hydrogen-bond donors (Lipinski definition) is 0. The van der Waals surface area contributed by atoms with Crippen LogP contribution in [0.1, 0.15) is 6.92 Å². The third-order valence-corrected chi connectivity index (χ3v) is 1.87. The summed E-state index contributed by atoms with van der Waals surface area (Å²) >= 11 is 0. The Bertz CT molecular complexity index is 359. The Labute approximate surface area is 101 Å². The molecule has 0 heterocycles. The second kappa shape index (κ2) is 7.33. The van der Waals surface area contributed by atoms with Crippen LogP contribution in [0.15, 0.2) is 42.7 Å². The van der Waals surface area contributed by atoms with Crippen LogP contribution in [0.4, 0.5) is 0 Å². The molecule has 1 rings (SSSR count). The molecule has 4 nitrogen and oxygen atoms in total. The fourth-order valence-corrected chi connectivity index (χ4v) is 1.11. The number of ether oxygens (including phenoxy) is 3. The third kappa shape index (κ3) is 5.06. The van der Waals surface area contributed by atoms with E-state index in [1.54, 1.807) is 6.92 Å². The average molecular weight is 236 g/mol. The normalized spacial score (nSPS) is 9.47. The van der Waals surface area contributed by atoms with Gasteiger partial charge in [0.2, 0.25) is 0 Å². The molecule has 1 aromatic carbocycles. The van der Waals surface area contributed by atoms with E-state index >= 15 is 0 Å². The first kappa shape index (κ1) is 13.1. The van der Waals surface area contributed by atoms with Crippen LogP contribution in [0.3, 0.4) is 0 Å². The minimum Gasteiger partial charge on any atom is -0.490 e. The maximum atomic E-state index is 11.1. The summed E-state index contributed by atoms with van der Waals surface area (Å²) in [5.74, 6) is 0.230. The lowest BCUT2D eigenvalue weighted by Crippen LogP contribution is -2.13. The Kier molecular flexibility index (Phi) is 5.64. The molecule has 0 amide bonds. The van der Waals surface area contributed by atoms with Gasteiger partial charge >= 0.3 is 5.97 Å². The van der Waals surface area contributed by atoms with E-state index in [4.69, 9.17) is 14.2 Å². The molecule has 0 spiro atoms. The lowest BCUT2D eigenvalue weighted by Gasteiger charge is -2.09. The van der Waals surface area contributed by atoms with Crippen molar-refractivity contribution in [1.82, 2.24) is 0 Å². The minimum atomic E-state index is -0.535. The highest BCUT2D eigenvalue weighted by molar-refractivity contribution is 5.85. The second-order valence-electron chi connectivity index (χ2n) is 3.15. The summed E-state index contributed by atoms with van der Waals surface area (Å²) in [5, 5.41) is 0. The topological polar surface area (TPSA) is 44.8 Å². The molecular weight excluding hydrogens is 220 g/mol. The van der Waals surface area contributed by atoms with Gasteiger partial charge < -0.3 is 14.2 Å². The predicted molar refractivity (Wildman–Crippen MR) is 63.7 cm³/mol. The quantitative estimate of drug-likeness (QED) is 0.315. The van der Waals surface area contributed by atoms with Crippen LogP contribution in [0.5, 0.6) is 5.75 Å². The van der Waals surface area contributed by atoms with Crippen LogP contribution in [0, 0.1) is 0 Å². The Balaban J connectivity index is 2.16. The van der Waals surface area contributed by atoms with Gasteiger partial charge in [0.15, 0.2) is 5.76 Å². The molecule has 0 radical (unpaired) electrons. The molecule has 0 bridgehead atoms. The smallest absolute Gasteiger partial charge is 0.372 e. The minimum absolute atomic E-state index is 0.00325. The van der Waals surface area contributed by atoms with E-state index in [1.807, 2.05) is 30.3 Å². The maximum Gasteiger partial charge on any atom is 0.372 e. The predicted octanol–water partition coefficient (Wildman–Crippen LogP) is 2.16. The van der Waals surface area contributed by atoms with Crippen molar-refractivity contribution in [2.75, 3.05) is 19.8 Å². The van der Waals surface area contributed by atoms with Gasteiger partial charge in [-0.3, -0.25) is 0 Å². The summed E-state index contributed by atoms with van der Waals surface area (Å²) in [4.78, 5) is 11.1. The zero-order chi connectivity index (χ0) is 12.5. The van der Waals surface area contributed by atoms with Gasteiger partial charge in [-0.1, -0.05) is 18.2 Å². The zero-order valence-electron chi connectivity index (χ0n) is 9.85. The largest absolute Gasteiger partial charge is 0.490 e. The van der Waals surface area contributed by atoms with Crippen LogP contribution in [0.2, 0.25) is 0 Å². The number of carbonyl (C=O) groups excluding carboxylic acids is 1. The average Bonchev–Trinajstić information content (AvgIpc) is 2.36. The summed E-state index contributed by atoms with van der Waals surface area (Å²) in [6.45, 7) is 6.10. The molecule has 0 unspecified atom stereocenters. The van der Waals surface area contributed by atoms with E-state index in [9.17, 15) is 4.79 Å². The van der Waals surface area contributed by atoms with E-state index in [0.29, 0.717) is 13.2 Å². The second-order valence-corrected chi connectivity index (χ2v) is 3.15. The van der Waals surface area contributed by atoms with Crippen molar-refractivity contribution in [3.05, 3.63) is 42.7 Å². The van der Waals surface area contributed by atoms with Gasteiger partial charge in [-0.25, -0.2) is 4.79 Å². The first-order chi connectivity index (χ1) is 8.24. The van der Waals surface area contributed by atoms with Gasteiger partial charge in [0, 0.05) is 0 Å². The molecule has 4 heteroatoms. The molecule has 0 aliphatic heterocycles. The molecular formula is C13H16O4. The highest BCUT2D eigenvalue weighted by Gasteiger charge is 2.08. The number of hydrogen-bond acceptors (Lipinski definition) is 4. The molecule has 0 atom stereocenters. The van der Waals surface area contributed by atoms with Crippen molar-refractivity contribution in [2.45, 2.75) is 6.92 Å². The Hall–Kier alpha value is -1.97. The summed E-state index contributed by atoms with van der Waals surface area (Å²) in [5.41, 5.74) is 0.